The van der Waals surface area contributed by atoms with Crippen molar-refractivity contribution in [3.63, 3.8) is 0 Å². The summed E-state index contributed by atoms with van der Waals surface area (Å²) in [5, 5.41) is 0. The molecule has 0 bridgehead atoms. The van der Waals surface area contributed by atoms with Crippen molar-refractivity contribution in [3.05, 3.63) is 29.8 Å². The zero-order valence-corrected chi connectivity index (χ0v) is 10.7. The van der Waals surface area contributed by atoms with Crippen LogP contribution in [-0.4, -0.2) is 12.6 Å². The molecule has 1 aliphatic rings. The molecule has 0 aliphatic heterocycles. The largest absolute Gasteiger partial charge is 0.492 e. The first-order valence-electron chi connectivity index (χ1n) is 6.77. The van der Waals surface area contributed by atoms with Gasteiger partial charge in [-0.2, -0.15) is 0 Å². The first-order valence-corrected chi connectivity index (χ1v) is 6.77. The van der Waals surface area contributed by atoms with E-state index >= 15 is 0 Å². The topological polar surface area (TPSA) is 35.2 Å². The van der Waals surface area contributed by atoms with Crippen molar-refractivity contribution < 1.29 is 4.74 Å². The fraction of sp³-hybridized carbons (Fsp3) is 0.600. The highest BCUT2D eigenvalue weighted by Crippen LogP contribution is 2.27. The molecule has 2 heteroatoms. The second-order valence-electron chi connectivity index (χ2n) is 5.02. The minimum atomic E-state index is 0.198. The molecule has 0 spiro atoms. The summed E-state index contributed by atoms with van der Waals surface area (Å²) in [5.41, 5.74) is 7.50. The van der Waals surface area contributed by atoms with Gasteiger partial charge in [0.25, 0.3) is 0 Å². The third-order valence-electron chi connectivity index (χ3n) is 3.78. The van der Waals surface area contributed by atoms with E-state index in [1.165, 1.54) is 31.2 Å². The van der Waals surface area contributed by atoms with Crippen LogP contribution in [0.3, 0.4) is 0 Å². The lowest BCUT2D eigenvalue weighted by Gasteiger charge is -2.19. The average Bonchev–Trinajstić information content (AvgIpc) is 2.90. The van der Waals surface area contributed by atoms with Gasteiger partial charge in [-0.25, -0.2) is 0 Å². The Morgan fingerprint density at radius 3 is 2.47 bits per heavy atom. The van der Waals surface area contributed by atoms with Crippen LogP contribution in [0.1, 0.15) is 38.2 Å². The standard InChI is InChI=1S/C15H23NO/c1-2-12-7-9-14(10-8-12)17-11-15(16)13-5-3-4-6-13/h7-10,13,15H,2-6,11,16H2,1H3. The molecule has 0 radical (unpaired) electrons. The molecule has 1 aliphatic carbocycles. The predicted octanol–water partition coefficient (Wildman–Crippen LogP) is 3.15. The van der Waals surface area contributed by atoms with E-state index in [1.54, 1.807) is 0 Å². The van der Waals surface area contributed by atoms with Crippen LogP contribution in [0, 0.1) is 5.92 Å². The maximum Gasteiger partial charge on any atom is 0.119 e. The van der Waals surface area contributed by atoms with E-state index in [2.05, 4.69) is 19.1 Å². The van der Waals surface area contributed by atoms with E-state index in [4.69, 9.17) is 10.5 Å². The van der Waals surface area contributed by atoms with Crippen LogP contribution in [0.4, 0.5) is 0 Å². The molecule has 94 valence electrons. The van der Waals surface area contributed by atoms with Crippen molar-refractivity contribution in [1.29, 1.82) is 0 Å². The maximum absolute atomic E-state index is 6.16. The highest BCUT2D eigenvalue weighted by molar-refractivity contribution is 5.27. The van der Waals surface area contributed by atoms with Crippen LogP contribution < -0.4 is 10.5 Å². The van der Waals surface area contributed by atoms with Gasteiger partial charge >= 0.3 is 0 Å². The molecule has 1 unspecified atom stereocenters. The molecule has 1 aromatic rings. The molecule has 2 N–H and O–H groups in total. The molecule has 0 amide bonds. The second kappa shape index (κ2) is 6.06. The van der Waals surface area contributed by atoms with Gasteiger partial charge in [-0.1, -0.05) is 31.9 Å². The zero-order chi connectivity index (χ0) is 12.1. The molecular formula is C15H23NO. The van der Waals surface area contributed by atoms with Crippen LogP contribution in [0.25, 0.3) is 0 Å². The van der Waals surface area contributed by atoms with Crippen LogP contribution in [-0.2, 0) is 6.42 Å². The highest BCUT2D eigenvalue weighted by Gasteiger charge is 2.22. The summed E-state index contributed by atoms with van der Waals surface area (Å²) < 4.78 is 5.75. The number of benzene rings is 1. The lowest BCUT2D eigenvalue weighted by atomic mass is 10.00. The van der Waals surface area contributed by atoms with Gasteiger partial charge in [-0.3, -0.25) is 0 Å². The lowest BCUT2D eigenvalue weighted by Crippen LogP contribution is -2.34. The summed E-state index contributed by atoms with van der Waals surface area (Å²) in [6, 6.07) is 8.52. The van der Waals surface area contributed by atoms with Crippen LogP contribution in [0.5, 0.6) is 5.75 Å². The summed E-state index contributed by atoms with van der Waals surface area (Å²) in [6.45, 7) is 2.81. The van der Waals surface area contributed by atoms with Gasteiger partial charge < -0.3 is 10.5 Å². The van der Waals surface area contributed by atoms with Crippen molar-refractivity contribution in [1.82, 2.24) is 0 Å². The summed E-state index contributed by atoms with van der Waals surface area (Å²) in [6.07, 6.45) is 6.30. The Bertz CT molecular complexity index is 327. The second-order valence-corrected chi connectivity index (χ2v) is 5.02. The third-order valence-corrected chi connectivity index (χ3v) is 3.78. The van der Waals surface area contributed by atoms with E-state index < -0.39 is 0 Å². The van der Waals surface area contributed by atoms with E-state index in [-0.39, 0.29) is 6.04 Å². The van der Waals surface area contributed by atoms with Gasteiger partial charge in [0.2, 0.25) is 0 Å². The Hall–Kier alpha value is -1.02. The van der Waals surface area contributed by atoms with E-state index in [9.17, 15) is 0 Å². The summed E-state index contributed by atoms with van der Waals surface area (Å²) in [7, 11) is 0. The summed E-state index contributed by atoms with van der Waals surface area (Å²) in [5.74, 6) is 1.61. The SMILES string of the molecule is CCc1ccc(OCC(N)C2CCCC2)cc1. The Kier molecular flexibility index (Phi) is 4.43. The van der Waals surface area contributed by atoms with Gasteiger partial charge in [0, 0.05) is 6.04 Å². The Balaban J connectivity index is 1.80. The van der Waals surface area contributed by atoms with Crippen molar-refractivity contribution in [2.24, 2.45) is 11.7 Å². The molecule has 1 fully saturated rings. The molecule has 1 saturated carbocycles. The fourth-order valence-corrected chi connectivity index (χ4v) is 2.54. The van der Waals surface area contributed by atoms with E-state index in [0.29, 0.717) is 12.5 Å². The van der Waals surface area contributed by atoms with E-state index in [1.807, 2.05) is 12.1 Å². The Labute approximate surface area is 104 Å². The van der Waals surface area contributed by atoms with Gasteiger partial charge in [0.15, 0.2) is 0 Å². The minimum Gasteiger partial charge on any atom is -0.492 e. The van der Waals surface area contributed by atoms with Gasteiger partial charge in [-0.05, 0) is 42.9 Å². The number of ether oxygens (including phenoxy) is 1. The number of nitrogens with two attached hydrogens (primary N) is 1. The van der Waals surface area contributed by atoms with Crippen molar-refractivity contribution in [3.8, 4) is 5.75 Å². The number of aryl methyl sites for hydroxylation is 1. The van der Waals surface area contributed by atoms with Crippen molar-refractivity contribution in [2.45, 2.75) is 45.1 Å². The monoisotopic (exact) mass is 233 g/mol. The molecule has 2 nitrogen and oxygen atoms in total. The highest BCUT2D eigenvalue weighted by atomic mass is 16.5. The smallest absolute Gasteiger partial charge is 0.119 e. The fourth-order valence-electron chi connectivity index (χ4n) is 2.54. The van der Waals surface area contributed by atoms with Crippen LogP contribution >= 0.6 is 0 Å². The van der Waals surface area contributed by atoms with Crippen LogP contribution in [0.2, 0.25) is 0 Å². The molecule has 0 saturated heterocycles. The minimum absolute atomic E-state index is 0.198. The van der Waals surface area contributed by atoms with Gasteiger partial charge in [0.05, 0.1) is 0 Å². The first kappa shape index (κ1) is 12.4. The quantitative estimate of drug-likeness (QED) is 0.848. The Morgan fingerprint density at radius 2 is 1.88 bits per heavy atom. The first-order chi connectivity index (χ1) is 8.29. The molecule has 2 rings (SSSR count). The van der Waals surface area contributed by atoms with E-state index in [0.717, 1.165) is 12.2 Å². The molecule has 1 aromatic carbocycles. The predicted molar refractivity (Wildman–Crippen MR) is 71.2 cm³/mol. The number of hydrogen-bond acceptors (Lipinski definition) is 2. The van der Waals surface area contributed by atoms with Gasteiger partial charge in [0.1, 0.15) is 12.4 Å². The van der Waals surface area contributed by atoms with Gasteiger partial charge in [-0.15, -0.1) is 0 Å². The Morgan fingerprint density at radius 1 is 1.24 bits per heavy atom. The third kappa shape index (κ3) is 3.47. The van der Waals surface area contributed by atoms with Crippen molar-refractivity contribution in [2.75, 3.05) is 6.61 Å². The molecule has 1 atom stereocenters. The number of hydrogen-bond donors (Lipinski definition) is 1. The zero-order valence-electron chi connectivity index (χ0n) is 10.7. The summed E-state index contributed by atoms with van der Waals surface area (Å²) in [4.78, 5) is 0. The molecule has 17 heavy (non-hydrogen) atoms. The molecular weight excluding hydrogens is 210 g/mol. The average molecular weight is 233 g/mol. The van der Waals surface area contributed by atoms with Crippen LogP contribution in [0.15, 0.2) is 24.3 Å². The maximum atomic E-state index is 6.16. The lowest BCUT2D eigenvalue weighted by molar-refractivity contribution is 0.247. The molecule has 0 heterocycles. The summed E-state index contributed by atoms with van der Waals surface area (Å²) >= 11 is 0. The normalized spacial score (nSPS) is 18.2. The number of rotatable bonds is 5. The molecule has 0 aromatic heterocycles. The van der Waals surface area contributed by atoms with Crippen molar-refractivity contribution >= 4 is 0 Å².